The van der Waals surface area contributed by atoms with Crippen LogP contribution >= 0.6 is 0 Å². The predicted molar refractivity (Wildman–Crippen MR) is 251 cm³/mol. The highest BCUT2D eigenvalue weighted by atomic mass is 16.8. The molecule has 0 aliphatic carbocycles. The first-order valence-corrected chi connectivity index (χ1v) is 26.2. The Morgan fingerprint density at radius 1 is 0.321 bits per heavy atom. The van der Waals surface area contributed by atoms with Crippen molar-refractivity contribution in [1.82, 2.24) is 10.6 Å². The van der Waals surface area contributed by atoms with Crippen molar-refractivity contribution in [3.63, 3.8) is 0 Å². The zero-order valence-corrected chi connectivity index (χ0v) is 44.2. The van der Waals surface area contributed by atoms with Crippen molar-refractivity contribution < 1.29 is 163 Å². The SMILES string of the molecule is CC(=O)NC1C(O[C@@H]2OC(C)[C@@H](O)[C@H](O)C2O)[C@H](O[C@@H]2O[C@@H](CO)[C@H](O)C(O)C2O[C@@H]2OC(C)[C@@H](O)C(O)C2O)C(CO)O[C@H]1OC1C(O)[C@H](O[C@@H]2C(CO)O[C@@H](O)C(NC(C)=O)C2O[C@@H]2OC(C)[C@@H](O)C(O)C2O)O[C@@H](CO)[C@@H]1O. The Kier molecular flexibility index (Phi) is 22.9. The topological polar surface area (TPSA) is 542 Å². The Labute approximate surface area is 460 Å². The molecule has 35 nitrogen and oxygen atoms in total. The van der Waals surface area contributed by atoms with Crippen LogP contribution in [0.25, 0.3) is 0 Å². The van der Waals surface area contributed by atoms with Crippen LogP contribution in [0.15, 0.2) is 0 Å². The van der Waals surface area contributed by atoms with E-state index in [1.807, 2.05) is 0 Å². The van der Waals surface area contributed by atoms with Gasteiger partial charge in [-0.05, 0) is 20.8 Å². The van der Waals surface area contributed by atoms with Gasteiger partial charge in [0, 0.05) is 13.8 Å². The largest absolute Gasteiger partial charge is 0.394 e. The molecule has 20 N–H and O–H groups in total. The summed E-state index contributed by atoms with van der Waals surface area (Å²) in [5, 5.41) is 201. The molecule has 81 heavy (non-hydrogen) atoms. The van der Waals surface area contributed by atoms with Crippen molar-refractivity contribution in [1.29, 1.82) is 0 Å². The summed E-state index contributed by atoms with van der Waals surface area (Å²) in [6.07, 6.45) is -61.9. The molecule has 18 unspecified atom stereocenters. The fourth-order valence-electron chi connectivity index (χ4n) is 10.6. The second-order valence-electron chi connectivity index (χ2n) is 21.0. The highest BCUT2D eigenvalue weighted by molar-refractivity contribution is 5.73. The summed E-state index contributed by atoms with van der Waals surface area (Å²) in [5.41, 5.74) is 0. The highest BCUT2D eigenvalue weighted by Gasteiger charge is 2.60. The van der Waals surface area contributed by atoms with Gasteiger partial charge in [0.25, 0.3) is 0 Å². The van der Waals surface area contributed by atoms with E-state index < -0.39 is 253 Å². The van der Waals surface area contributed by atoms with Crippen molar-refractivity contribution >= 4 is 11.8 Å². The van der Waals surface area contributed by atoms with E-state index in [4.69, 9.17) is 61.6 Å². The fraction of sp³-hybridized carbons (Fsp3) is 0.957. The van der Waals surface area contributed by atoms with Gasteiger partial charge in [0.05, 0.1) is 44.7 Å². The third kappa shape index (κ3) is 14.1. The molecule has 7 aliphatic rings. The minimum Gasteiger partial charge on any atom is -0.394 e. The molecule has 7 saturated heterocycles. The number of hydrogen-bond donors (Lipinski definition) is 20. The Balaban J connectivity index is 1.24. The molecule has 7 rings (SSSR count). The molecule has 0 radical (unpaired) electrons. The Morgan fingerprint density at radius 2 is 0.654 bits per heavy atom. The van der Waals surface area contributed by atoms with Crippen molar-refractivity contribution in [3.8, 4) is 0 Å². The first kappa shape index (κ1) is 66.2. The van der Waals surface area contributed by atoms with Gasteiger partial charge in [0.2, 0.25) is 11.8 Å². The molecule has 7 heterocycles. The molecule has 0 bridgehead atoms. The molecule has 0 aromatic carbocycles. The van der Waals surface area contributed by atoms with E-state index in [1.165, 1.54) is 20.8 Å². The predicted octanol–water partition coefficient (Wildman–Crippen LogP) is -12.9. The van der Waals surface area contributed by atoms with Crippen molar-refractivity contribution in [2.75, 3.05) is 26.4 Å². The highest BCUT2D eigenvalue weighted by Crippen LogP contribution is 2.39. The van der Waals surface area contributed by atoms with Gasteiger partial charge in [0.1, 0.15) is 152 Å². The number of ether oxygens (including phenoxy) is 13. The van der Waals surface area contributed by atoms with Crippen LogP contribution in [-0.4, -0.2) is 345 Å². The standard InChI is InChI=1S/C46H78N2O33/c1-10-21(55)26(60)30(64)42(69-10)78-36-19(47-13(4)53)40(68)72-17(8-51)34(36)76-45-33(67)38(25(59)16(7-50)73-45)80-41-20(48-14(5)54)37(79-43-31(65)27(61)22(56)11(2)70-43)35(18(9-52)75-41)77-46-39(29(63)24(58)15(6-49)74-46)81-44-32(66)28(62)23(57)12(3)71-44/h10-12,15-46,49-52,55-68H,6-9H2,1-5H3,(H,47,53)(H,48,54)/t10?,11?,12?,15-,16-,17?,18?,19?,20?,21+,22+,23+,24-,25-,26?,27-,28?,29?,30?,31?,32?,33?,34+,35+,36?,37?,38?,39?,40+,41-,42-,43-,44-,45-,46-/m0/s1. The first-order chi connectivity index (χ1) is 38.2. The van der Waals surface area contributed by atoms with Gasteiger partial charge in [-0.15, -0.1) is 0 Å². The Morgan fingerprint density at radius 3 is 1.10 bits per heavy atom. The first-order valence-electron chi connectivity index (χ1n) is 26.2. The fourth-order valence-corrected chi connectivity index (χ4v) is 10.6. The minimum absolute atomic E-state index is 0.793. The molecule has 0 aromatic heterocycles. The summed E-state index contributed by atoms with van der Waals surface area (Å²) in [6.45, 7) is 1.71. The second-order valence-corrected chi connectivity index (χ2v) is 21.0. The maximum atomic E-state index is 13.3. The van der Waals surface area contributed by atoms with Crippen molar-refractivity contribution in [2.24, 2.45) is 0 Å². The zero-order chi connectivity index (χ0) is 59.8. The monoisotopic (exact) mass is 1190 g/mol. The second kappa shape index (κ2) is 28.0. The number of aliphatic hydroxyl groups excluding tert-OH is 18. The Bertz CT molecular complexity index is 2010. The number of aliphatic hydroxyl groups is 18. The van der Waals surface area contributed by atoms with E-state index in [0.717, 1.165) is 13.8 Å². The third-order valence-corrected chi connectivity index (χ3v) is 15.2. The summed E-state index contributed by atoms with van der Waals surface area (Å²) >= 11 is 0. The smallest absolute Gasteiger partial charge is 0.217 e. The van der Waals surface area contributed by atoms with Gasteiger partial charge < -0.3 is 164 Å². The molecule has 35 atom stereocenters. The third-order valence-electron chi connectivity index (χ3n) is 15.2. The molecule has 470 valence electrons. The lowest BCUT2D eigenvalue weighted by molar-refractivity contribution is -0.401. The molecule has 0 saturated carbocycles. The van der Waals surface area contributed by atoms with E-state index in [1.54, 1.807) is 0 Å². The van der Waals surface area contributed by atoms with E-state index >= 15 is 0 Å². The van der Waals surface area contributed by atoms with Gasteiger partial charge in [0.15, 0.2) is 44.0 Å². The van der Waals surface area contributed by atoms with E-state index in [2.05, 4.69) is 10.6 Å². The number of carbonyl (C=O) groups excluding carboxylic acids is 2. The van der Waals surface area contributed by atoms with Crippen LogP contribution in [0, 0.1) is 0 Å². The average molecular weight is 1190 g/mol. The number of nitrogens with one attached hydrogen (secondary N) is 2. The normalized spacial score (nSPS) is 51.8. The lowest BCUT2D eigenvalue weighted by Crippen LogP contribution is -2.72. The lowest BCUT2D eigenvalue weighted by atomic mass is 9.93. The van der Waals surface area contributed by atoms with Gasteiger partial charge in [-0.1, -0.05) is 0 Å². The maximum absolute atomic E-state index is 13.3. The minimum atomic E-state index is -2.30. The lowest BCUT2D eigenvalue weighted by Gasteiger charge is -2.52. The zero-order valence-electron chi connectivity index (χ0n) is 44.2. The molecule has 35 heteroatoms. The Hall–Kier alpha value is -2.30. The van der Waals surface area contributed by atoms with Crippen molar-refractivity contribution in [2.45, 2.75) is 249 Å². The number of rotatable bonds is 18. The van der Waals surface area contributed by atoms with Crippen LogP contribution < -0.4 is 10.6 Å². The van der Waals surface area contributed by atoms with Crippen LogP contribution in [0.4, 0.5) is 0 Å². The van der Waals surface area contributed by atoms with Gasteiger partial charge in [-0.25, -0.2) is 0 Å². The molecule has 0 spiro atoms. The number of carbonyl (C=O) groups is 2. The molecule has 7 fully saturated rings. The molecule has 2 amide bonds. The quantitative estimate of drug-likeness (QED) is 0.0606. The summed E-state index contributed by atoms with van der Waals surface area (Å²) in [5.74, 6) is -1.72. The van der Waals surface area contributed by atoms with E-state index in [9.17, 15) is 102 Å². The molecule has 7 aliphatic heterocycles. The van der Waals surface area contributed by atoms with Crippen LogP contribution in [0.2, 0.25) is 0 Å². The average Bonchev–Trinajstić information content (AvgIpc) is 3.63. The van der Waals surface area contributed by atoms with E-state index in [0.29, 0.717) is 0 Å². The van der Waals surface area contributed by atoms with Crippen LogP contribution in [0.1, 0.15) is 34.6 Å². The summed E-state index contributed by atoms with van der Waals surface area (Å²) < 4.78 is 77.2. The van der Waals surface area contributed by atoms with Crippen LogP contribution in [0.3, 0.4) is 0 Å². The van der Waals surface area contributed by atoms with Crippen molar-refractivity contribution in [3.05, 3.63) is 0 Å². The number of amides is 2. The van der Waals surface area contributed by atoms with Gasteiger partial charge >= 0.3 is 0 Å². The van der Waals surface area contributed by atoms with Gasteiger partial charge in [-0.3, -0.25) is 9.59 Å². The van der Waals surface area contributed by atoms with Crippen LogP contribution in [0.5, 0.6) is 0 Å². The summed E-state index contributed by atoms with van der Waals surface area (Å²) in [4.78, 5) is 25.8. The molecular formula is C46H78N2O33. The van der Waals surface area contributed by atoms with E-state index in [-0.39, 0.29) is 0 Å². The molecule has 0 aromatic rings. The molecular weight excluding hydrogens is 1110 g/mol. The van der Waals surface area contributed by atoms with Crippen LogP contribution in [-0.2, 0) is 71.2 Å². The number of hydrogen-bond acceptors (Lipinski definition) is 33. The maximum Gasteiger partial charge on any atom is 0.217 e. The van der Waals surface area contributed by atoms with Gasteiger partial charge in [-0.2, -0.15) is 0 Å². The summed E-state index contributed by atoms with van der Waals surface area (Å²) in [6, 6.07) is -3.58. The summed E-state index contributed by atoms with van der Waals surface area (Å²) in [7, 11) is 0.